The molecule has 0 saturated heterocycles. The highest BCUT2D eigenvalue weighted by Crippen LogP contribution is 2.18. The summed E-state index contributed by atoms with van der Waals surface area (Å²) in [5.74, 6) is 0. The lowest BCUT2D eigenvalue weighted by molar-refractivity contribution is -0.00960. The number of nitrogens with one attached hydrogen (secondary N) is 2. The maximum absolute atomic E-state index is 11.8. The summed E-state index contributed by atoms with van der Waals surface area (Å²) < 4.78 is 10.6. The molecule has 0 aromatic carbocycles. The smallest absolute Gasteiger partial charge is 0.407 e. The molecule has 142 valence electrons. The summed E-state index contributed by atoms with van der Waals surface area (Å²) in [7, 11) is 0. The molecular weight excluding hydrogens is 312 g/mol. The van der Waals surface area contributed by atoms with Gasteiger partial charge in [0.05, 0.1) is 0 Å². The minimum absolute atomic E-state index is 0.000185. The van der Waals surface area contributed by atoms with Crippen molar-refractivity contribution in [3.8, 4) is 0 Å². The lowest BCUT2D eigenvalue weighted by atomic mass is 9.88. The molecule has 0 aromatic rings. The largest absolute Gasteiger partial charge is 0.444 e. The molecule has 0 rings (SSSR count). The minimum atomic E-state index is -1.18. The van der Waals surface area contributed by atoms with E-state index in [0.29, 0.717) is 13.1 Å². The van der Waals surface area contributed by atoms with E-state index in [1.165, 1.54) is 0 Å². The van der Waals surface area contributed by atoms with Crippen LogP contribution in [0.1, 0.15) is 53.4 Å². The summed E-state index contributed by atoms with van der Waals surface area (Å²) >= 11 is 0. The van der Waals surface area contributed by atoms with E-state index in [-0.39, 0.29) is 6.54 Å². The topological polar surface area (TPSA) is 129 Å². The molecule has 0 aliphatic rings. The first-order chi connectivity index (χ1) is 11.3. The minimum Gasteiger partial charge on any atom is -0.444 e. The predicted octanol–water partition coefficient (Wildman–Crippen LogP) is 1.47. The van der Waals surface area contributed by atoms with Gasteiger partial charge in [-0.2, -0.15) is 0 Å². The van der Waals surface area contributed by atoms with Gasteiger partial charge in [0, 0.05) is 19.6 Å². The molecule has 8 heteroatoms. The molecule has 0 fully saturated rings. The van der Waals surface area contributed by atoms with E-state index in [1.807, 2.05) is 13.8 Å². The first-order valence-electron chi connectivity index (χ1n) is 8.69. The number of rotatable bonds is 11. The Hall–Kier alpha value is -1.54. The molecule has 0 aliphatic carbocycles. The van der Waals surface area contributed by atoms with Gasteiger partial charge in [0.15, 0.2) is 0 Å². The van der Waals surface area contributed by atoms with E-state index in [0.717, 1.165) is 25.7 Å². The molecule has 0 saturated carbocycles. The van der Waals surface area contributed by atoms with Gasteiger partial charge in [0.25, 0.3) is 0 Å². The molecule has 0 radical (unpaired) electrons. The zero-order chi connectivity index (χ0) is 18.6. The van der Waals surface area contributed by atoms with Crippen LogP contribution in [0.5, 0.6) is 0 Å². The fourth-order valence-corrected chi connectivity index (χ4v) is 2.02. The average Bonchev–Trinajstić information content (AvgIpc) is 2.54. The Morgan fingerprint density at radius 2 is 1.33 bits per heavy atom. The van der Waals surface area contributed by atoms with Crippen LogP contribution >= 0.6 is 0 Å². The van der Waals surface area contributed by atoms with Crippen molar-refractivity contribution in [1.29, 1.82) is 0 Å². The molecule has 2 unspecified atom stereocenters. The molecule has 0 aliphatic heterocycles. The Balaban J connectivity index is 4.55. The summed E-state index contributed by atoms with van der Waals surface area (Å²) in [5, 5.41) is 5.29. The number of carbonyl (C=O) groups is 2. The highest BCUT2D eigenvalue weighted by molar-refractivity contribution is 5.68. The lowest BCUT2D eigenvalue weighted by Crippen LogP contribution is -2.65. The van der Waals surface area contributed by atoms with Crippen LogP contribution in [0, 0.1) is 0 Å². The number of hydrogen-bond acceptors (Lipinski definition) is 6. The van der Waals surface area contributed by atoms with Crippen LogP contribution in [0.4, 0.5) is 9.59 Å². The SMILES string of the molecule is CCCCNC(=O)OC(C)C(N)(CN)C(C)OC(=O)NCCCC. The zero-order valence-corrected chi connectivity index (χ0v) is 15.4. The predicted molar refractivity (Wildman–Crippen MR) is 93.7 cm³/mol. The van der Waals surface area contributed by atoms with Crippen LogP contribution in [-0.4, -0.2) is 49.6 Å². The second-order valence-electron chi connectivity index (χ2n) is 5.97. The fraction of sp³-hybridized carbons (Fsp3) is 0.875. The first kappa shape index (κ1) is 22.5. The second-order valence-corrected chi connectivity index (χ2v) is 5.97. The number of unbranched alkanes of at least 4 members (excludes halogenated alkanes) is 2. The van der Waals surface area contributed by atoms with Crippen molar-refractivity contribution in [1.82, 2.24) is 10.6 Å². The van der Waals surface area contributed by atoms with Crippen molar-refractivity contribution in [2.24, 2.45) is 11.5 Å². The molecule has 2 amide bonds. The summed E-state index contributed by atoms with van der Waals surface area (Å²) in [4.78, 5) is 23.5. The molecule has 0 aromatic heterocycles. The summed E-state index contributed by atoms with van der Waals surface area (Å²) in [6.07, 6.45) is 1.12. The van der Waals surface area contributed by atoms with Crippen molar-refractivity contribution >= 4 is 12.2 Å². The van der Waals surface area contributed by atoms with Crippen LogP contribution in [0.3, 0.4) is 0 Å². The number of carbonyl (C=O) groups excluding carboxylic acids is 2. The van der Waals surface area contributed by atoms with Gasteiger partial charge < -0.3 is 31.6 Å². The van der Waals surface area contributed by atoms with Gasteiger partial charge in [-0.15, -0.1) is 0 Å². The van der Waals surface area contributed by atoms with Crippen LogP contribution in [0.2, 0.25) is 0 Å². The third kappa shape index (κ3) is 7.83. The lowest BCUT2D eigenvalue weighted by Gasteiger charge is -2.38. The third-order valence-corrected chi connectivity index (χ3v) is 4.03. The normalized spacial score (nSPS) is 15.8. The maximum Gasteiger partial charge on any atom is 0.407 e. The molecule has 0 spiro atoms. The van der Waals surface area contributed by atoms with Crippen LogP contribution in [0.15, 0.2) is 0 Å². The Labute approximate surface area is 145 Å². The number of ether oxygens (including phenoxy) is 2. The number of alkyl carbamates (subject to hydrolysis) is 2. The van der Waals surface area contributed by atoms with Crippen LogP contribution < -0.4 is 22.1 Å². The Bertz CT molecular complexity index is 349. The summed E-state index contributed by atoms with van der Waals surface area (Å²) in [6, 6.07) is 0. The third-order valence-electron chi connectivity index (χ3n) is 4.03. The highest BCUT2D eigenvalue weighted by Gasteiger charge is 2.41. The van der Waals surface area contributed by atoms with E-state index in [1.54, 1.807) is 13.8 Å². The standard InChI is InChI=1S/C16H34N4O4/c1-5-7-9-19-14(21)23-12(3)16(18,11-17)13(4)24-15(22)20-10-8-6-2/h12-13H,5-11,17-18H2,1-4H3,(H,19,21)(H,20,22). The van der Waals surface area contributed by atoms with Crippen molar-refractivity contribution < 1.29 is 19.1 Å². The number of nitrogens with two attached hydrogens (primary N) is 2. The number of amides is 2. The molecule has 8 nitrogen and oxygen atoms in total. The molecule has 24 heavy (non-hydrogen) atoms. The number of hydrogen-bond donors (Lipinski definition) is 4. The van der Waals surface area contributed by atoms with Gasteiger partial charge in [-0.1, -0.05) is 26.7 Å². The van der Waals surface area contributed by atoms with Gasteiger partial charge in [-0.25, -0.2) is 9.59 Å². The highest BCUT2D eigenvalue weighted by atomic mass is 16.6. The van der Waals surface area contributed by atoms with Crippen molar-refractivity contribution in [2.75, 3.05) is 19.6 Å². The van der Waals surface area contributed by atoms with E-state index in [2.05, 4.69) is 10.6 Å². The van der Waals surface area contributed by atoms with Crippen LogP contribution in [0.25, 0.3) is 0 Å². The fourth-order valence-electron chi connectivity index (χ4n) is 2.02. The maximum atomic E-state index is 11.8. The molecular formula is C16H34N4O4. The van der Waals surface area contributed by atoms with Crippen molar-refractivity contribution in [2.45, 2.75) is 71.1 Å². The van der Waals surface area contributed by atoms with Gasteiger partial charge in [0.2, 0.25) is 0 Å². The Morgan fingerprint density at radius 1 is 0.958 bits per heavy atom. The van der Waals surface area contributed by atoms with Crippen molar-refractivity contribution in [3.05, 3.63) is 0 Å². The average molecular weight is 346 g/mol. The van der Waals surface area contributed by atoms with Crippen LogP contribution in [-0.2, 0) is 9.47 Å². The molecule has 0 heterocycles. The van der Waals surface area contributed by atoms with Gasteiger partial charge in [0.1, 0.15) is 17.7 Å². The zero-order valence-electron chi connectivity index (χ0n) is 15.4. The molecule has 0 bridgehead atoms. The quantitative estimate of drug-likeness (QED) is 0.419. The first-order valence-corrected chi connectivity index (χ1v) is 8.69. The molecule has 6 N–H and O–H groups in total. The second kappa shape index (κ2) is 11.9. The van der Waals surface area contributed by atoms with Gasteiger partial charge in [-0.3, -0.25) is 0 Å². The van der Waals surface area contributed by atoms with E-state index >= 15 is 0 Å². The summed E-state index contributed by atoms with van der Waals surface area (Å²) in [6.45, 7) is 8.41. The van der Waals surface area contributed by atoms with Gasteiger partial charge in [-0.05, 0) is 26.7 Å². The Kier molecular flexibility index (Phi) is 11.1. The molecule has 2 atom stereocenters. The van der Waals surface area contributed by atoms with E-state index < -0.39 is 29.9 Å². The van der Waals surface area contributed by atoms with E-state index in [9.17, 15) is 9.59 Å². The Morgan fingerprint density at radius 3 is 1.62 bits per heavy atom. The summed E-state index contributed by atoms with van der Waals surface area (Å²) in [5.41, 5.74) is 10.8. The van der Waals surface area contributed by atoms with Crippen molar-refractivity contribution in [3.63, 3.8) is 0 Å². The van der Waals surface area contributed by atoms with Gasteiger partial charge >= 0.3 is 12.2 Å². The monoisotopic (exact) mass is 346 g/mol. The van der Waals surface area contributed by atoms with E-state index in [4.69, 9.17) is 20.9 Å².